The quantitative estimate of drug-likeness (QED) is 0.0731. The maximum atomic E-state index is 14.8. The number of hydrogen-bond acceptors (Lipinski definition) is 7. The monoisotopic (exact) mass is 800 g/mol. The Bertz CT molecular complexity index is 2580. The van der Waals surface area contributed by atoms with Crippen LogP contribution in [0, 0.1) is 23.7 Å². The Morgan fingerprint density at radius 2 is 1.57 bits per heavy atom. The molecule has 0 saturated heterocycles. The van der Waals surface area contributed by atoms with Crippen molar-refractivity contribution in [3.05, 3.63) is 158 Å². The summed E-state index contributed by atoms with van der Waals surface area (Å²) in [7, 11) is 0. The molecule has 60 heavy (non-hydrogen) atoms. The lowest BCUT2D eigenvalue weighted by Gasteiger charge is -2.49. The van der Waals surface area contributed by atoms with Crippen LogP contribution in [-0.4, -0.2) is 23.6 Å². The Labute approximate surface area is 352 Å². The summed E-state index contributed by atoms with van der Waals surface area (Å²) in [6, 6.07) is 32.6. The number of rotatable bonds is 6. The fourth-order valence-corrected chi connectivity index (χ4v) is 10.1. The van der Waals surface area contributed by atoms with E-state index in [4.69, 9.17) is 18.6 Å². The highest BCUT2D eigenvalue weighted by Crippen LogP contribution is 2.53. The molecule has 5 aromatic rings. The molecule has 1 fully saturated rings. The van der Waals surface area contributed by atoms with E-state index in [1.807, 2.05) is 32.0 Å². The van der Waals surface area contributed by atoms with Crippen LogP contribution >= 0.6 is 0 Å². The van der Waals surface area contributed by atoms with Gasteiger partial charge in [-0.25, -0.2) is 9.59 Å². The van der Waals surface area contributed by atoms with E-state index in [9.17, 15) is 14.4 Å². The molecule has 4 atom stereocenters. The van der Waals surface area contributed by atoms with Crippen molar-refractivity contribution < 1.29 is 28.2 Å². The van der Waals surface area contributed by atoms with Gasteiger partial charge in [-0.2, -0.15) is 0 Å². The number of hydrogen-bond donors (Lipinski definition) is 0. The molecule has 4 aliphatic rings. The van der Waals surface area contributed by atoms with Crippen LogP contribution in [0.2, 0.25) is 0 Å². The van der Waals surface area contributed by atoms with Gasteiger partial charge in [0, 0.05) is 35.8 Å². The van der Waals surface area contributed by atoms with Gasteiger partial charge in [0.1, 0.15) is 11.3 Å². The third-order valence-corrected chi connectivity index (χ3v) is 13.3. The van der Waals surface area contributed by atoms with E-state index in [2.05, 4.69) is 78.6 Å². The van der Waals surface area contributed by atoms with Gasteiger partial charge >= 0.3 is 17.6 Å². The molecule has 4 heterocycles. The summed E-state index contributed by atoms with van der Waals surface area (Å²) in [6.07, 6.45) is 6.73. The standard InChI is InChI=1S/C53H52O7/c1-34(2)44-25-21-37-20-22-42-32-39(19-18-36-13-10-14-38(30-36)29-35-11-4-3-5-12-35)33-47(55)58-50-48-45(26-23-40-24-27-46(54)57-49(40)48)60-53(43-16-6-7-17-43,51(50)59-52(44)56)28-9-8-15-41(42)31-37/h3-5,10-14,20,22-24,26-27,30-31,39,43,50-51H,6-7,15-19,21,25,28-29,32-33H2,1-2H3/t39-,50+,51-,53+/m0/s1. The number of allylic oxidation sites excluding steroid dienone is 1. The summed E-state index contributed by atoms with van der Waals surface area (Å²) in [5, 5.41) is 0.653. The molecular weight excluding hydrogens is 749 g/mol. The van der Waals surface area contributed by atoms with Crippen LogP contribution in [0.5, 0.6) is 5.75 Å². The lowest BCUT2D eigenvalue weighted by Crippen LogP contribution is -2.59. The van der Waals surface area contributed by atoms with E-state index in [1.165, 1.54) is 28.3 Å². The molecule has 7 nitrogen and oxygen atoms in total. The van der Waals surface area contributed by atoms with Crippen molar-refractivity contribution in [2.45, 2.75) is 115 Å². The normalized spacial score (nSPS) is 23.0. The molecule has 1 aromatic heterocycles. The molecular formula is C53H52O7. The van der Waals surface area contributed by atoms with Gasteiger partial charge in [0.15, 0.2) is 17.8 Å². The summed E-state index contributed by atoms with van der Waals surface area (Å²) in [4.78, 5) is 42.3. The number of fused-ring (bicyclic) bond motifs is 7. The number of ether oxygens (including phenoxy) is 3. The minimum atomic E-state index is -1.13. The second-order valence-corrected chi connectivity index (χ2v) is 17.5. The number of esters is 2. The van der Waals surface area contributed by atoms with Crippen molar-refractivity contribution in [1.82, 2.24) is 0 Å². The summed E-state index contributed by atoms with van der Waals surface area (Å²) < 4.78 is 26.6. The van der Waals surface area contributed by atoms with Crippen LogP contribution in [0.3, 0.4) is 0 Å². The van der Waals surface area contributed by atoms with Crippen LogP contribution in [-0.2, 0) is 51.2 Å². The molecule has 9 rings (SSSR count). The molecule has 306 valence electrons. The van der Waals surface area contributed by atoms with Crippen molar-refractivity contribution in [2.24, 2.45) is 11.8 Å². The zero-order valence-corrected chi connectivity index (χ0v) is 34.6. The van der Waals surface area contributed by atoms with Crippen molar-refractivity contribution >= 4 is 22.9 Å². The van der Waals surface area contributed by atoms with Crippen LogP contribution < -0.4 is 10.4 Å². The van der Waals surface area contributed by atoms with Crippen LogP contribution in [0.4, 0.5) is 0 Å². The third kappa shape index (κ3) is 8.17. The summed E-state index contributed by atoms with van der Waals surface area (Å²) in [5.41, 5.74) is 7.66. The lowest BCUT2D eigenvalue weighted by molar-refractivity contribution is -0.201. The van der Waals surface area contributed by atoms with Gasteiger partial charge in [-0.3, -0.25) is 4.79 Å². The SMILES string of the molecule is CC(C)=C1CCc2ccc3c(c2)CC#CC[C@]2(C4CCCC4)Oc4ccc5ccc(=O)oc5c4[C@@H](OC(=O)C[C@@H](CCc4cccc(Cc5ccccc5)c4)C3)[C@@H]2OC1=O. The highest BCUT2D eigenvalue weighted by molar-refractivity contribution is 5.90. The first kappa shape index (κ1) is 39.6. The molecule has 0 radical (unpaired) electrons. The maximum absolute atomic E-state index is 14.8. The van der Waals surface area contributed by atoms with Crippen molar-refractivity contribution in [1.29, 1.82) is 0 Å². The van der Waals surface area contributed by atoms with E-state index in [0.29, 0.717) is 48.0 Å². The van der Waals surface area contributed by atoms with Gasteiger partial charge in [-0.15, -0.1) is 0 Å². The van der Waals surface area contributed by atoms with Crippen LogP contribution in [0.25, 0.3) is 11.0 Å². The minimum absolute atomic E-state index is 0.0299. The molecule has 3 aliphatic heterocycles. The largest absolute Gasteiger partial charge is 0.481 e. The molecule has 0 spiro atoms. The molecule has 1 saturated carbocycles. The highest BCUT2D eigenvalue weighted by atomic mass is 16.6. The zero-order chi connectivity index (χ0) is 41.2. The molecule has 0 amide bonds. The maximum Gasteiger partial charge on any atom is 0.336 e. The predicted molar refractivity (Wildman–Crippen MR) is 232 cm³/mol. The second-order valence-electron chi connectivity index (χ2n) is 17.5. The first-order chi connectivity index (χ1) is 29.2. The first-order valence-electron chi connectivity index (χ1n) is 21.7. The van der Waals surface area contributed by atoms with Crippen molar-refractivity contribution in [2.75, 3.05) is 0 Å². The average Bonchev–Trinajstić information content (AvgIpc) is 3.79. The van der Waals surface area contributed by atoms with Crippen LogP contribution in [0.1, 0.15) is 110 Å². The van der Waals surface area contributed by atoms with Gasteiger partial charge < -0.3 is 18.6 Å². The fourth-order valence-electron chi connectivity index (χ4n) is 10.1. The third-order valence-electron chi connectivity index (χ3n) is 13.3. The molecule has 1 aliphatic carbocycles. The smallest absolute Gasteiger partial charge is 0.336 e. The van der Waals surface area contributed by atoms with Crippen molar-refractivity contribution in [3.63, 3.8) is 0 Å². The van der Waals surface area contributed by atoms with Gasteiger partial charge in [0.25, 0.3) is 0 Å². The second kappa shape index (κ2) is 17.0. The Morgan fingerprint density at radius 1 is 0.767 bits per heavy atom. The fraction of sp³-hybridized carbons (Fsp3) is 0.377. The van der Waals surface area contributed by atoms with Gasteiger partial charge in [-0.1, -0.05) is 103 Å². The summed E-state index contributed by atoms with van der Waals surface area (Å²) >= 11 is 0. The number of carbonyl (C=O) groups is 2. The Morgan fingerprint density at radius 3 is 2.40 bits per heavy atom. The van der Waals surface area contributed by atoms with Gasteiger partial charge in [-0.05, 0) is 123 Å². The van der Waals surface area contributed by atoms with E-state index in [1.54, 1.807) is 6.07 Å². The number of benzene rings is 4. The Kier molecular flexibility index (Phi) is 11.2. The van der Waals surface area contributed by atoms with Gasteiger partial charge in [0.2, 0.25) is 0 Å². The van der Waals surface area contributed by atoms with Crippen molar-refractivity contribution in [3.8, 4) is 17.6 Å². The number of carbonyl (C=O) groups excluding carboxylic acids is 2. The first-order valence-corrected chi connectivity index (χ1v) is 21.7. The predicted octanol–water partition coefficient (Wildman–Crippen LogP) is 10.3. The number of aryl methyl sites for hydroxylation is 2. The minimum Gasteiger partial charge on any atom is -0.481 e. The molecule has 5 bridgehead atoms. The highest BCUT2D eigenvalue weighted by Gasteiger charge is 2.59. The topological polar surface area (TPSA) is 92.0 Å². The molecule has 0 N–H and O–H groups in total. The molecule has 7 heteroatoms. The van der Waals surface area contributed by atoms with E-state index in [0.717, 1.165) is 61.6 Å². The molecule has 0 unspecified atom stereocenters. The van der Waals surface area contributed by atoms with E-state index >= 15 is 0 Å². The average molecular weight is 801 g/mol. The van der Waals surface area contributed by atoms with E-state index in [-0.39, 0.29) is 30.3 Å². The Balaban J connectivity index is 1.17. The van der Waals surface area contributed by atoms with E-state index < -0.39 is 35.4 Å². The Hall–Kier alpha value is -5.87. The summed E-state index contributed by atoms with van der Waals surface area (Å²) in [6.45, 7) is 3.88. The van der Waals surface area contributed by atoms with Gasteiger partial charge in [0.05, 0.1) is 12.0 Å². The zero-order valence-electron chi connectivity index (χ0n) is 34.6. The molecule has 4 aromatic carbocycles. The lowest BCUT2D eigenvalue weighted by atomic mass is 9.73. The van der Waals surface area contributed by atoms with Crippen LogP contribution in [0.15, 0.2) is 117 Å². The summed E-state index contributed by atoms with van der Waals surface area (Å²) in [5.74, 6) is 6.56.